The summed E-state index contributed by atoms with van der Waals surface area (Å²) in [5.74, 6) is 0.597. The molecule has 0 unspecified atom stereocenters. The van der Waals surface area contributed by atoms with Crippen LogP contribution < -0.4 is 0 Å². The first-order valence-corrected chi connectivity index (χ1v) is 6.87. The Morgan fingerprint density at radius 3 is 1.29 bits per heavy atom. The standard InChI is InChI=1S/C19H16O2/c20-17-10-6-15(7-11-17)19(14-4-2-1-3-5-14)16-8-12-18(21)13-9-16/h1-13,19-21H. The van der Waals surface area contributed by atoms with Gasteiger partial charge in [0.15, 0.2) is 0 Å². The summed E-state index contributed by atoms with van der Waals surface area (Å²) in [6, 6.07) is 24.7. The molecule has 2 nitrogen and oxygen atoms in total. The van der Waals surface area contributed by atoms with Gasteiger partial charge in [-0.1, -0.05) is 54.6 Å². The van der Waals surface area contributed by atoms with Crippen LogP contribution in [-0.2, 0) is 0 Å². The zero-order chi connectivity index (χ0) is 14.7. The first kappa shape index (κ1) is 13.3. The van der Waals surface area contributed by atoms with Crippen molar-refractivity contribution in [1.29, 1.82) is 0 Å². The van der Waals surface area contributed by atoms with Gasteiger partial charge in [0, 0.05) is 5.92 Å². The van der Waals surface area contributed by atoms with Crippen molar-refractivity contribution in [1.82, 2.24) is 0 Å². The highest BCUT2D eigenvalue weighted by molar-refractivity contribution is 5.45. The summed E-state index contributed by atoms with van der Waals surface area (Å²) in [7, 11) is 0. The Labute approximate surface area is 123 Å². The highest BCUT2D eigenvalue weighted by atomic mass is 16.3. The molecular formula is C19H16O2. The van der Waals surface area contributed by atoms with Crippen LogP contribution in [-0.4, -0.2) is 10.2 Å². The smallest absolute Gasteiger partial charge is 0.115 e. The normalized spacial score (nSPS) is 10.7. The maximum Gasteiger partial charge on any atom is 0.115 e. The summed E-state index contributed by atoms with van der Waals surface area (Å²) in [6.45, 7) is 0. The summed E-state index contributed by atoms with van der Waals surface area (Å²) in [5.41, 5.74) is 3.38. The Balaban J connectivity index is 2.11. The van der Waals surface area contributed by atoms with E-state index in [1.165, 1.54) is 5.56 Å². The van der Waals surface area contributed by atoms with Crippen LogP contribution in [0.15, 0.2) is 78.9 Å². The number of rotatable bonds is 3. The van der Waals surface area contributed by atoms with Crippen molar-refractivity contribution in [3.63, 3.8) is 0 Å². The van der Waals surface area contributed by atoms with Crippen LogP contribution in [0.2, 0.25) is 0 Å². The average Bonchev–Trinajstić information content (AvgIpc) is 2.52. The lowest BCUT2D eigenvalue weighted by Crippen LogP contribution is -2.02. The van der Waals surface area contributed by atoms with Crippen LogP contribution in [0.3, 0.4) is 0 Å². The lowest BCUT2D eigenvalue weighted by Gasteiger charge is -2.19. The van der Waals surface area contributed by atoms with Gasteiger partial charge in [-0.15, -0.1) is 0 Å². The molecule has 3 aromatic carbocycles. The molecule has 0 bridgehead atoms. The van der Waals surface area contributed by atoms with Gasteiger partial charge in [0.1, 0.15) is 11.5 Å². The van der Waals surface area contributed by atoms with Crippen LogP contribution in [0.1, 0.15) is 22.6 Å². The molecule has 0 aliphatic carbocycles. The third-order valence-electron chi connectivity index (χ3n) is 3.59. The quantitative estimate of drug-likeness (QED) is 0.701. The summed E-state index contributed by atoms with van der Waals surface area (Å²) >= 11 is 0. The Bertz CT molecular complexity index is 655. The molecule has 0 saturated heterocycles. The van der Waals surface area contributed by atoms with Crippen LogP contribution >= 0.6 is 0 Å². The molecule has 0 amide bonds. The van der Waals surface area contributed by atoms with Crippen LogP contribution in [0.25, 0.3) is 0 Å². The van der Waals surface area contributed by atoms with Crippen molar-refractivity contribution in [2.45, 2.75) is 5.92 Å². The maximum absolute atomic E-state index is 9.48. The van der Waals surface area contributed by atoms with Gasteiger partial charge in [0.2, 0.25) is 0 Å². The van der Waals surface area contributed by atoms with Crippen LogP contribution in [0.5, 0.6) is 11.5 Å². The van der Waals surface area contributed by atoms with E-state index in [1.54, 1.807) is 24.3 Å². The molecule has 0 atom stereocenters. The second-order valence-electron chi connectivity index (χ2n) is 5.03. The zero-order valence-electron chi connectivity index (χ0n) is 11.5. The van der Waals surface area contributed by atoms with Gasteiger partial charge >= 0.3 is 0 Å². The minimum absolute atomic E-state index is 0.0763. The van der Waals surface area contributed by atoms with Crippen LogP contribution in [0, 0.1) is 0 Å². The first-order valence-electron chi connectivity index (χ1n) is 6.87. The SMILES string of the molecule is Oc1ccc(C(c2ccccc2)c2ccc(O)cc2)cc1. The number of benzene rings is 3. The lowest BCUT2D eigenvalue weighted by molar-refractivity contribution is 0.475. The predicted molar refractivity (Wildman–Crippen MR) is 83.6 cm³/mol. The van der Waals surface area contributed by atoms with Gasteiger partial charge in [-0.25, -0.2) is 0 Å². The third kappa shape index (κ3) is 2.90. The number of hydrogen-bond donors (Lipinski definition) is 2. The van der Waals surface area contributed by atoms with E-state index >= 15 is 0 Å². The van der Waals surface area contributed by atoms with E-state index in [2.05, 4.69) is 12.1 Å². The van der Waals surface area contributed by atoms with Gasteiger partial charge in [-0.3, -0.25) is 0 Å². The minimum atomic E-state index is 0.0763. The monoisotopic (exact) mass is 276 g/mol. The fourth-order valence-corrected chi connectivity index (χ4v) is 2.56. The van der Waals surface area contributed by atoms with Crippen LogP contribution in [0.4, 0.5) is 0 Å². The second-order valence-corrected chi connectivity index (χ2v) is 5.03. The third-order valence-corrected chi connectivity index (χ3v) is 3.59. The predicted octanol–water partition coefficient (Wildman–Crippen LogP) is 4.28. The van der Waals surface area contributed by atoms with Crippen molar-refractivity contribution in [2.24, 2.45) is 0 Å². The molecule has 0 aliphatic rings. The van der Waals surface area contributed by atoms with E-state index in [0.717, 1.165) is 11.1 Å². The molecule has 0 fully saturated rings. The van der Waals surface area contributed by atoms with Crippen molar-refractivity contribution >= 4 is 0 Å². The molecule has 0 radical (unpaired) electrons. The van der Waals surface area contributed by atoms with Gasteiger partial charge in [-0.2, -0.15) is 0 Å². The molecule has 0 heterocycles. The molecule has 3 aromatic rings. The van der Waals surface area contributed by atoms with E-state index in [1.807, 2.05) is 42.5 Å². The van der Waals surface area contributed by atoms with Crippen molar-refractivity contribution in [3.05, 3.63) is 95.6 Å². The fraction of sp³-hybridized carbons (Fsp3) is 0.0526. The van der Waals surface area contributed by atoms with Gasteiger partial charge in [0.05, 0.1) is 0 Å². The molecule has 0 spiro atoms. The van der Waals surface area contributed by atoms with Gasteiger partial charge in [-0.05, 0) is 41.0 Å². The highest BCUT2D eigenvalue weighted by Crippen LogP contribution is 2.33. The molecular weight excluding hydrogens is 260 g/mol. The summed E-state index contributed by atoms with van der Waals surface area (Å²) in [5, 5.41) is 19.0. The van der Waals surface area contributed by atoms with Crippen molar-refractivity contribution in [3.8, 4) is 11.5 Å². The van der Waals surface area contributed by atoms with E-state index < -0.39 is 0 Å². The highest BCUT2D eigenvalue weighted by Gasteiger charge is 2.16. The van der Waals surface area contributed by atoms with Crippen molar-refractivity contribution < 1.29 is 10.2 Å². The fourth-order valence-electron chi connectivity index (χ4n) is 2.56. The van der Waals surface area contributed by atoms with E-state index in [4.69, 9.17) is 0 Å². The largest absolute Gasteiger partial charge is 0.508 e. The minimum Gasteiger partial charge on any atom is -0.508 e. The number of hydrogen-bond acceptors (Lipinski definition) is 2. The Hall–Kier alpha value is -2.74. The molecule has 2 heteroatoms. The molecule has 2 N–H and O–H groups in total. The number of phenolic OH excluding ortho intramolecular Hbond substituents is 2. The lowest BCUT2D eigenvalue weighted by atomic mass is 9.85. The summed E-state index contributed by atoms with van der Waals surface area (Å²) < 4.78 is 0. The van der Waals surface area contributed by atoms with Crippen molar-refractivity contribution in [2.75, 3.05) is 0 Å². The number of phenols is 2. The Morgan fingerprint density at radius 2 is 0.857 bits per heavy atom. The number of aromatic hydroxyl groups is 2. The van der Waals surface area contributed by atoms with Gasteiger partial charge in [0.25, 0.3) is 0 Å². The zero-order valence-corrected chi connectivity index (χ0v) is 11.5. The topological polar surface area (TPSA) is 40.5 Å². The van der Waals surface area contributed by atoms with E-state index in [0.29, 0.717) is 0 Å². The summed E-state index contributed by atoms with van der Waals surface area (Å²) in [4.78, 5) is 0. The molecule has 104 valence electrons. The van der Waals surface area contributed by atoms with E-state index in [9.17, 15) is 10.2 Å². The molecule has 0 aromatic heterocycles. The van der Waals surface area contributed by atoms with E-state index in [-0.39, 0.29) is 17.4 Å². The Morgan fingerprint density at radius 1 is 0.476 bits per heavy atom. The first-order chi connectivity index (χ1) is 10.2. The average molecular weight is 276 g/mol. The molecule has 21 heavy (non-hydrogen) atoms. The molecule has 0 saturated carbocycles. The van der Waals surface area contributed by atoms with Gasteiger partial charge < -0.3 is 10.2 Å². The second kappa shape index (κ2) is 5.71. The Kier molecular flexibility index (Phi) is 3.61. The summed E-state index contributed by atoms with van der Waals surface area (Å²) in [6.07, 6.45) is 0. The maximum atomic E-state index is 9.48. The molecule has 0 aliphatic heterocycles. The molecule has 3 rings (SSSR count).